The Balaban J connectivity index is 0.00000196. The lowest BCUT2D eigenvalue weighted by atomic mass is 9.95. The molecule has 0 bridgehead atoms. The van der Waals surface area contributed by atoms with E-state index >= 15 is 0 Å². The van der Waals surface area contributed by atoms with E-state index in [2.05, 4.69) is 12.2 Å². The second-order valence-electron chi connectivity index (χ2n) is 3.66. The molecule has 1 amide bonds. The van der Waals surface area contributed by atoms with Crippen LogP contribution in [0.15, 0.2) is 0 Å². The summed E-state index contributed by atoms with van der Waals surface area (Å²) < 4.78 is 0. The van der Waals surface area contributed by atoms with Crippen LogP contribution in [0, 0.1) is 0 Å². The lowest BCUT2D eigenvalue weighted by Crippen LogP contribution is -2.46. The molecule has 0 heterocycles. The molecule has 5 heteroatoms. The molecule has 1 aliphatic rings. The van der Waals surface area contributed by atoms with Crippen LogP contribution in [0.4, 0.5) is 0 Å². The number of amides is 1. The zero-order chi connectivity index (χ0) is 10.4. The molecule has 0 aromatic heterocycles. The molecule has 0 aromatic carbocycles. The van der Waals surface area contributed by atoms with E-state index in [1.54, 1.807) is 0 Å². The average molecular weight is 253 g/mol. The summed E-state index contributed by atoms with van der Waals surface area (Å²) in [6.45, 7) is 2.28. The van der Waals surface area contributed by atoms with Gasteiger partial charge in [0.15, 0.2) is 0 Å². The number of carbonyl (C=O) groups is 1. The Labute approximate surface area is 102 Å². The van der Waals surface area contributed by atoms with Crippen molar-refractivity contribution in [3.05, 3.63) is 0 Å². The Morgan fingerprint density at radius 1 is 1.47 bits per heavy atom. The second kappa shape index (κ2) is 8.25. The predicted molar refractivity (Wildman–Crippen MR) is 68.6 cm³/mol. The minimum atomic E-state index is -0.0152. The zero-order valence-corrected chi connectivity index (χ0v) is 10.8. The van der Waals surface area contributed by atoms with Gasteiger partial charge in [-0.05, 0) is 18.6 Å². The summed E-state index contributed by atoms with van der Waals surface area (Å²) >= 11 is 1.96. The summed E-state index contributed by atoms with van der Waals surface area (Å²) in [7, 11) is 0. The molecule has 1 rings (SSSR count). The Bertz CT molecular complexity index is 190. The van der Waals surface area contributed by atoms with Crippen molar-refractivity contribution in [2.75, 3.05) is 12.3 Å². The Morgan fingerprint density at radius 3 is 2.73 bits per heavy atom. The van der Waals surface area contributed by atoms with E-state index in [4.69, 9.17) is 5.73 Å². The summed E-state index contributed by atoms with van der Waals surface area (Å²) in [6.07, 6.45) is 4.88. The van der Waals surface area contributed by atoms with Crippen molar-refractivity contribution in [2.45, 2.75) is 43.9 Å². The van der Waals surface area contributed by atoms with Gasteiger partial charge in [-0.15, -0.1) is 12.4 Å². The zero-order valence-electron chi connectivity index (χ0n) is 9.20. The predicted octanol–water partition coefficient (Wildman–Crippen LogP) is 1.55. The van der Waals surface area contributed by atoms with Crippen LogP contribution in [0.1, 0.15) is 32.6 Å². The first kappa shape index (κ1) is 15.1. The Morgan fingerprint density at radius 2 is 2.13 bits per heavy atom. The molecule has 1 saturated carbocycles. The van der Waals surface area contributed by atoms with E-state index < -0.39 is 0 Å². The minimum Gasteiger partial charge on any atom is -0.351 e. The van der Waals surface area contributed by atoms with Gasteiger partial charge >= 0.3 is 0 Å². The van der Waals surface area contributed by atoms with Crippen LogP contribution in [0.3, 0.4) is 0 Å². The molecule has 15 heavy (non-hydrogen) atoms. The molecule has 0 aromatic rings. The Kier molecular flexibility index (Phi) is 8.29. The molecule has 2 atom stereocenters. The van der Waals surface area contributed by atoms with Crippen LogP contribution in [0.2, 0.25) is 0 Å². The summed E-state index contributed by atoms with van der Waals surface area (Å²) in [6, 6.07) is 0.352. The highest BCUT2D eigenvalue weighted by atomic mass is 35.5. The van der Waals surface area contributed by atoms with Gasteiger partial charge in [0.25, 0.3) is 0 Å². The first-order valence-corrected chi connectivity index (χ1v) is 6.43. The second-order valence-corrected chi connectivity index (χ2v) is 5.17. The molecule has 3 N–H and O–H groups in total. The van der Waals surface area contributed by atoms with Gasteiger partial charge in [0.05, 0.1) is 6.54 Å². The highest BCUT2D eigenvalue weighted by Crippen LogP contribution is 2.28. The van der Waals surface area contributed by atoms with Gasteiger partial charge in [-0.25, -0.2) is 0 Å². The molecular weight excluding hydrogens is 232 g/mol. The van der Waals surface area contributed by atoms with Gasteiger partial charge in [-0.1, -0.05) is 19.8 Å². The maximum atomic E-state index is 11.2. The average Bonchev–Trinajstić information content (AvgIpc) is 2.21. The van der Waals surface area contributed by atoms with Crippen LogP contribution >= 0.6 is 24.2 Å². The van der Waals surface area contributed by atoms with Crippen LogP contribution in [0.25, 0.3) is 0 Å². The van der Waals surface area contributed by atoms with E-state index in [0.29, 0.717) is 11.3 Å². The molecule has 0 saturated heterocycles. The van der Waals surface area contributed by atoms with Crippen molar-refractivity contribution >= 4 is 30.1 Å². The first-order chi connectivity index (χ1) is 6.77. The van der Waals surface area contributed by atoms with Crippen molar-refractivity contribution in [3.8, 4) is 0 Å². The molecule has 1 fully saturated rings. The summed E-state index contributed by atoms with van der Waals surface area (Å²) in [5, 5.41) is 3.62. The SMILES string of the molecule is CCSC1CCCCC1NC(=O)CN.Cl. The monoisotopic (exact) mass is 252 g/mol. The fraction of sp³-hybridized carbons (Fsp3) is 0.900. The van der Waals surface area contributed by atoms with Gasteiger partial charge < -0.3 is 11.1 Å². The van der Waals surface area contributed by atoms with Gasteiger partial charge in [-0.2, -0.15) is 11.8 Å². The molecule has 90 valence electrons. The number of nitrogens with one attached hydrogen (secondary N) is 1. The van der Waals surface area contributed by atoms with Gasteiger partial charge in [0, 0.05) is 11.3 Å². The molecule has 0 aliphatic heterocycles. The molecule has 2 unspecified atom stereocenters. The van der Waals surface area contributed by atoms with Crippen molar-refractivity contribution < 1.29 is 4.79 Å². The van der Waals surface area contributed by atoms with Crippen molar-refractivity contribution in [3.63, 3.8) is 0 Å². The third kappa shape index (κ3) is 5.09. The highest BCUT2D eigenvalue weighted by molar-refractivity contribution is 7.99. The normalized spacial score (nSPS) is 25.5. The van der Waals surface area contributed by atoms with E-state index in [0.717, 1.165) is 12.2 Å². The number of halogens is 1. The van der Waals surface area contributed by atoms with E-state index in [9.17, 15) is 4.79 Å². The fourth-order valence-electron chi connectivity index (χ4n) is 1.94. The fourth-order valence-corrected chi connectivity index (χ4v) is 3.14. The van der Waals surface area contributed by atoms with Crippen molar-refractivity contribution in [1.29, 1.82) is 0 Å². The smallest absolute Gasteiger partial charge is 0.233 e. The molecular formula is C10H21ClN2OS. The third-order valence-corrected chi connectivity index (χ3v) is 3.94. The summed E-state index contributed by atoms with van der Waals surface area (Å²) in [5.41, 5.74) is 5.29. The van der Waals surface area contributed by atoms with E-state index in [1.165, 1.54) is 19.3 Å². The molecule has 1 aliphatic carbocycles. The number of carbonyl (C=O) groups excluding carboxylic acids is 1. The number of nitrogens with two attached hydrogens (primary N) is 1. The number of hydrogen-bond donors (Lipinski definition) is 2. The molecule has 0 radical (unpaired) electrons. The van der Waals surface area contributed by atoms with Crippen molar-refractivity contribution in [2.24, 2.45) is 5.73 Å². The van der Waals surface area contributed by atoms with E-state index in [-0.39, 0.29) is 24.9 Å². The Hall–Kier alpha value is 0.0700. The third-order valence-electron chi connectivity index (χ3n) is 2.62. The largest absolute Gasteiger partial charge is 0.351 e. The summed E-state index contributed by atoms with van der Waals surface area (Å²) in [4.78, 5) is 11.2. The van der Waals surface area contributed by atoms with Gasteiger partial charge in [0.2, 0.25) is 5.91 Å². The van der Waals surface area contributed by atoms with Crippen molar-refractivity contribution in [1.82, 2.24) is 5.32 Å². The number of thioether (sulfide) groups is 1. The van der Waals surface area contributed by atoms with Gasteiger partial charge in [-0.3, -0.25) is 4.79 Å². The lowest BCUT2D eigenvalue weighted by molar-refractivity contribution is -0.120. The lowest BCUT2D eigenvalue weighted by Gasteiger charge is -2.31. The standard InChI is InChI=1S/C10H20N2OS.ClH/c1-2-14-9-6-4-3-5-8(9)12-10(13)7-11;/h8-9H,2-7,11H2,1H3,(H,12,13);1H. The first-order valence-electron chi connectivity index (χ1n) is 5.39. The van der Waals surface area contributed by atoms with Crippen LogP contribution in [-0.2, 0) is 4.79 Å². The highest BCUT2D eigenvalue weighted by Gasteiger charge is 2.25. The van der Waals surface area contributed by atoms with Crippen LogP contribution in [-0.4, -0.2) is 29.5 Å². The maximum absolute atomic E-state index is 11.2. The molecule has 3 nitrogen and oxygen atoms in total. The molecule has 0 spiro atoms. The van der Waals surface area contributed by atoms with Crippen LogP contribution < -0.4 is 11.1 Å². The topological polar surface area (TPSA) is 55.1 Å². The number of rotatable bonds is 4. The van der Waals surface area contributed by atoms with Gasteiger partial charge in [0.1, 0.15) is 0 Å². The maximum Gasteiger partial charge on any atom is 0.233 e. The minimum absolute atomic E-state index is 0. The number of hydrogen-bond acceptors (Lipinski definition) is 3. The van der Waals surface area contributed by atoms with E-state index in [1.807, 2.05) is 11.8 Å². The quantitative estimate of drug-likeness (QED) is 0.798. The van der Waals surface area contributed by atoms with Crippen LogP contribution in [0.5, 0.6) is 0 Å². The summed E-state index contributed by atoms with van der Waals surface area (Å²) in [5.74, 6) is 1.11.